The average molecular weight is 229 g/mol. The van der Waals surface area contributed by atoms with Gasteiger partial charge < -0.3 is 10.6 Å². The SMILES string of the molecule is Cc1ccc(N=C2CCN(C)CC2=CN)cc1. The molecule has 0 bridgehead atoms. The number of nitrogens with two attached hydrogens (primary N) is 1. The smallest absolute Gasteiger partial charge is 0.0633 e. The van der Waals surface area contributed by atoms with Crippen molar-refractivity contribution in [1.82, 2.24) is 4.90 Å². The molecule has 2 rings (SSSR count). The van der Waals surface area contributed by atoms with Crippen molar-refractivity contribution in [2.24, 2.45) is 10.7 Å². The highest BCUT2D eigenvalue weighted by molar-refractivity contribution is 6.02. The minimum absolute atomic E-state index is 0.890. The Hall–Kier alpha value is -1.61. The van der Waals surface area contributed by atoms with Crippen molar-refractivity contribution in [2.75, 3.05) is 20.1 Å². The van der Waals surface area contributed by atoms with E-state index in [2.05, 4.69) is 48.1 Å². The summed E-state index contributed by atoms with van der Waals surface area (Å²) in [5.41, 5.74) is 10.2. The molecule has 1 aromatic rings. The van der Waals surface area contributed by atoms with E-state index in [0.717, 1.165) is 36.5 Å². The average Bonchev–Trinajstić information content (AvgIpc) is 2.34. The monoisotopic (exact) mass is 229 g/mol. The number of nitrogens with zero attached hydrogens (tertiary/aromatic N) is 2. The predicted molar refractivity (Wildman–Crippen MR) is 72.7 cm³/mol. The molecule has 0 radical (unpaired) electrons. The van der Waals surface area contributed by atoms with Crippen molar-refractivity contribution in [3.63, 3.8) is 0 Å². The molecule has 1 aliphatic heterocycles. The summed E-state index contributed by atoms with van der Waals surface area (Å²) in [6.45, 7) is 4.01. The summed E-state index contributed by atoms with van der Waals surface area (Å²) < 4.78 is 0. The van der Waals surface area contributed by atoms with Crippen molar-refractivity contribution in [3.8, 4) is 0 Å². The van der Waals surface area contributed by atoms with Gasteiger partial charge in [0.1, 0.15) is 0 Å². The zero-order valence-corrected chi connectivity index (χ0v) is 10.5. The number of likely N-dealkylation sites (N-methyl/N-ethyl adjacent to an activating group) is 1. The maximum absolute atomic E-state index is 5.66. The minimum Gasteiger partial charge on any atom is -0.404 e. The lowest BCUT2D eigenvalue weighted by atomic mass is 10.0. The van der Waals surface area contributed by atoms with Gasteiger partial charge in [-0.1, -0.05) is 17.7 Å². The molecular formula is C14H19N3. The summed E-state index contributed by atoms with van der Waals surface area (Å²) in [7, 11) is 2.10. The number of rotatable bonds is 1. The second-order valence-electron chi connectivity index (χ2n) is 4.57. The summed E-state index contributed by atoms with van der Waals surface area (Å²) >= 11 is 0. The van der Waals surface area contributed by atoms with Crippen LogP contribution in [-0.4, -0.2) is 30.7 Å². The highest BCUT2D eigenvalue weighted by Crippen LogP contribution is 2.18. The van der Waals surface area contributed by atoms with Crippen LogP contribution < -0.4 is 5.73 Å². The van der Waals surface area contributed by atoms with Gasteiger partial charge in [0.2, 0.25) is 0 Å². The van der Waals surface area contributed by atoms with Crippen molar-refractivity contribution in [3.05, 3.63) is 41.6 Å². The van der Waals surface area contributed by atoms with Gasteiger partial charge in [0.05, 0.1) is 5.69 Å². The summed E-state index contributed by atoms with van der Waals surface area (Å²) in [5.74, 6) is 0. The number of benzene rings is 1. The molecular weight excluding hydrogens is 210 g/mol. The van der Waals surface area contributed by atoms with E-state index >= 15 is 0 Å². The highest BCUT2D eigenvalue weighted by atomic mass is 15.1. The molecule has 0 amide bonds. The number of aryl methyl sites for hydroxylation is 1. The summed E-state index contributed by atoms with van der Waals surface area (Å²) in [6, 6.07) is 8.27. The third kappa shape index (κ3) is 2.94. The molecule has 0 aliphatic carbocycles. The molecule has 17 heavy (non-hydrogen) atoms. The quantitative estimate of drug-likeness (QED) is 0.802. The van der Waals surface area contributed by atoms with Crippen LogP contribution in [0.15, 0.2) is 41.0 Å². The first-order valence-electron chi connectivity index (χ1n) is 5.93. The minimum atomic E-state index is 0.890. The first-order chi connectivity index (χ1) is 8.19. The third-order valence-electron chi connectivity index (χ3n) is 3.04. The summed E-state index contributed by atoms with van der Waals surface area (Å²) in [5, 5.41) is 0. The van der Waals surface area contributed by atoms with Gasteiger partial charge in [0.15, 0.2) is 0 Å². The van der Waals surface area contributed by atoms with Crippen molar-refractivity contribution in [1.29, 1.82) is 0 Å². The van der Waals surface area contributed by atoms with Gasteiger partial charge in [-0.05, 0) is 26.1 Å². The molecule has 1 aliphatic rings. The van der Waals surface area contributed by atoms with E-state index in [0.29, 0.717) is 0 Å². The fraction of sp³-hybridized carbons (Fsp3) is 0.357. The van der Waals surface area contributed by atoms with Gasteiger partial charge in [-0.25, -0.2) is 0 Å². The van der Waals surface area contributed by atoms with E-state index in [9.17, 15) is 0 Å². The topological polar surface area (TPSA) is 41.6 Å². The van der Waals surface area contributed by atoms with Gasteiger partial charge in [0.25, 0.3) is 0 Å². The van der Waals surface area contributed by atoms with Crippen LogP contribution in [0.2, 0.25) is 0 Å². The molecule has 1 aromatic carbocycles. The maximum Gasteiger partial charge on any atom is 0.0633 e. The van der Waals surface area contributed by atoms with Gasteiger partial charge in [0, 0.05) is 37.0 Å². The molecule has 0 unspecified atom stereocenters. The lowest BCUT2D eigenvalue weighted by Gasteiger charge is -2.25. The van der Waals surface area contributed by atoms with E-state index in [1.807, 2.05) is 0 Å². The zero-order valence-electron chi connectivity index (χ0n) is 10.5. The van der Waals surface area contributed by atoms with Gasteiger partial charge in [-0.15, -0.1) is 0 Å². The predicted octanol–water partition coefficient (Wildman–Crippen LogP) is 2.25. The van der Waals surface area contributed by atoms with Gasteiger partial charge in [-0.3, -0.25) is 4.99 Å². The molecule has 0 aromatic heterocycles. The third-order valence-corrected chi connectivity index (χ3v) is 3.04. The fourth-order valence-corrected chi connectivity index (χ4v) is 1.97. The Morgan fingerprint density at radius 3 is 2.65 bits per heavy atom. The van der Waals surface area contributed by atoms with Crippen molar-refractivity contribution >= 4 is 11.4 Å². The van der Waals surface area contributed by atoms with Gasteiger partial charge >= 0.3 is 0 Å². The number of aliphatic imine (C=N–C) groups is 1. The molecule has 1 fully saturated rings. The Morgan fingerprint density at radius 1 is 1.29 bits per heavy atom. The van der Waals surface area contributed by atoms with Crippen LogP contribution in [0.5, 0.6) is 0 Å². The Kier molecular flexibility index (Phi) is 3.59. The Balaban J connectivity index is 2.23. The lowest BCUT2D eigenvalue weighted by Crippen LogP contribution is -2.33. The van der Waals surface area contributed by atoms with Crippen LogP contribution in [0, 0.1) is 6.92 Å². The van der Waals surface area contributed by atoms with E-state index in [1.54, 1.807) is 6.20 Å². The molecule has 3 heteroatoms. The molecule has 0 atom stereocenters. The largest absolute Gasteiger partial charge is 0.404 e. The van der Waals surface area contributed by atoms with E-state index in [4.69, 9.17) is 5.73 Å². The first kappa shape index (κ1) is 11.9. The fourth-order valence-electron chi connectivity index (χ4n) is 1.97. The van der Waals surface area contributed by atoms with Gasteiger partial charge in [-0.2, -0.15) is 0 Å². The second-order valence-corrected chi connectivity index (χ2v) is 4.57. The first-order valence-corrected chi connectivity index (χ1v) is 5.93. The zero-order chi connectivity index (χ0) is 12.3. The van der Waals surface area contributed by atoms with Crippen LogP contribution in [0.4, 0.5) is 5.69 Å². The van der Waals surface area contributed by atoms with Crippen LogP contribution in [-0.2, 0) is 0 Å². The highest BCUT2D eigenvalue weighted by Gasteiger charge is 2.16. The van der Waals surface area contributed by atoms with Crippen molar-refractivity contribution in [2.45, 2.75) is 13.3 Å². The standard InChI is InChI=1S/C14H19N3/c1-11-3-5-13(6-4-11)16-14-7-8-17(2)10-12(14)9-15/h3-6,9H,7-8,10,15H2,1-2H3. The van der Waals surface area contributed by atoms with Crippen molar-refractivity contribution < 1.29 is 0 Å². The summed E-state index contributed by atoms with van der Waals surface area (Å²) in [6.07, 6.45) is 2.65. The number of hydrogen-bond acceptors (Lipinski definition) is 3. The Bertz CT molecular complexity index is 443. The maximum atomic E-state index is 5.66. The Morgan fingerprint density at radius 2 is 2.00 bits per heavy atom. The van der Waals surface area contributed by atoms with Crippen LogP contribution in [0.25, 0.3) is 0 Å². The Labute approximate surface area is 103 Å². The molecule has 90 valence electrons. The number of piperidine rings is 1. The molecule has 1 heterocycles. The summed E-state index contributed by atoms with van der Waals surface area (Å²) in [4.78, 5) is 6.94. The van der Waals surface area contributed by atoms with E-state index in [1.165, 1.54) is 5.56 Å². The molecule has 2 N–H and O–H groups in total. The van der Waals surface area contributed by atoms with Crippen LogP contribution in [0.3, 0.4) is 0 Å². The molecule has 1 saturated heterocycles. The number of likely N-dealkylation sites (tertiary alicyclic amines) is 1. The van der Waals surface area contributed by atoms with E-state index < -0.39 is 0 Å². The molecule has 0 spiro atoms. The van der Waals surface area contributed by atoms with Crippen LogP contribution in [0.1, 0.15) is 12.0 Å². The van der Waals surface area contributed by atoms with E-state index in [-0.39, 0.29) is 0 Å². The number of hydrogen-bond donors (Lipinski definition) is 1. The second kappa shape index (κ2) is 5.15. The normalized spacial score (nSPS) is 22.2. The molecule has 0 saturated carbocycles. The molecule has 3 nitrogen and oxygen atoms in total. The van der Waals surface area contributed by atoms with Crippen LogP contribution >= 0.6 is 0 Å². The lowest BCUT2D eigenvalue weighted by molar-refractivity contribution is 0.365.